The first-order valence-corrected chi connectivity index (χ1v) is 12.3. The van der Waals surface area contributed by atoms with Gasteiger partial charge >= 0.3 is 0 Å². The first kappa shape index (κ1) is 18.7. The van der Waals surface area contributed by atoms with Crippen molar-refractivity contribution in [1.82, 2.24) is 9.55 Å². The van der Waals surface area contributed by atoms with Crippen molar-refractivity contribution in [1.29, 1.82) is 0 Å². The average molecular weight is 417 g/mol. The van der Waals surface area contributed by atoms with Crippen LogP contribution in [-0.2, 0) is 11.3 Å². The molecule has 4 bridgehead atoms. The quantitative estimate of drug-likeness (QED) is 0.465. The molecule has 4 aliphatic rings. The van der Waals surface area contributed by atoms with E-state index < -0.39 is 0 Å². The third kappa shape index (κ3) is 3.20. The van der Waals surface area contributed by atoms with Crippen molar-refractivity contribution in [3.05, 3.63) is 60.2 Å². The molecule has 0 radical (unpaired) electrons. The number of para-hydroxylation sites is 2. The number of imidazole rings is 1. The van der Waals surface area contributed by atoms with Crippen LogP contribution in [0.25, 0.3) is 11.0 Å². The van der Waals surface area contributed by atoms with Gasteiger partial charge < -0.3 is 4.57 Å². The summed E-state index contributed by atoms with van der Waals surface area (Å²) < 4.78 is 2.28. The molecule has 154 valence electrons. The summed E-state index contributed by atoms with van der Waals surface area (Å²) in [4.78, 5) is 18.4. The molecule has 0 atom stereocenters. The summed E-state index contributed by atoms with van der Waals surface area (Å²) in [7, 11) is 0. The van der Waals surface area contributed by atoms with Crippen LogP contribution in [0.5, 0.6) is 0 Å². The Morgan fingerprint density at radius 2 is 1.57 bits per heavy atom. The third-order valence-corrected chi connectivity index (χ3v) is 8.74. The molecule has 1 heterocycles. The van der Waals surface area contributed by atoms with Crippen molar-refractivity contribution in [3.8, 4) is 0 Å². The Labute approximate surface area is 182 Å². The van der Waals surface area contributed by atoms with Crippen LogP contribution < -0.4 is 0 Å². The van der Waals surface area contributed by atoms with E-state index in [1.165, 1.54) is 24.8 Å². The zero-order valence-corrected chi connectivity index (χ0v) is 18.1. The van der Waals surface area contributed by atoms with E-state index in [1.807, 2.05) is 6.07 Å². The Morgan fingerprint density at radius 3 is 2.27 bits per heavy atom. The number of Topliss-reactive ketones (excluding diaryl/α,β-unsaturated/α-hetero) is 1. The second kappa shape index (κ2) is 7.26. The maximum Gasteiger partial charge on any atom is 0.169 e. The van der Waals surface area contributed by atoms with Crippen LogP contribution >= 0.6 is 11.8 Å². The van der Waals surface area contributed by atoms with Gasteiger partial charge in [0.15, 0.2) is 5.16 Å². The fourth-order valence-corrected chi connectivity index (χ4v) is 7.87. The van der Waals surface area contributed by atoms with Gasteiger partial charge in [0.05, 0.1) is 23.3 Å². The van der Waals surface area contributed by atoms with E-state index in [4.69, 9.17) is 4.98 Å². The van der Waals surface area contributed by atoms with Crippen LogP contribution in [0.3, 0.4) is 0 Å². The number of carbonyl (C=O) groups is 1. The lowest BCUT2D eigenvalue weighted by atomic mass is 9.48. The van der Waals surface area contributed by atoms with Crippen LogP contribution in [0.1, 0.15) is 44.1 Å². The topological polar surface area (TPSA) is 34.9 Å². The lowest BCUT2D eigenvalue weighted by Gasteiger charge is -2.56. The Bertz CT molecular complexity index is 1050. The van der Waals surface area contributed by atoms with Gasteiger partial charge in [-0.05, 0) is 74.0 Å². The maximum absolute atomic E-state index is 13.5. The number of benzene rings is 2. The Kier molecular flexibility index (Phi) is 4.52. The fraction of sp³-hybridized carbons (Fsp3) is 0.462. The predicted molar refractivity (Wildman–Crippen MR) is 122 cm³/mol. The molecule has 3 nitrogen and oxygen atoms in total. The Morgan fingerprint density at radius 1 is 0.933 bits per heavy atom. The lowest BCUT2D eigenvalue weighted by Crippen LogP contribution is -2.50. The van der Waals surface area contributed by atoms with Crippen molar-refractivity contribution < 1.29 is 4.79 Å². The van der Waals surface area contributed by atoms with Gasteiger partial charge in [0.1, 0.15) is 5.78 Å². The molecule has 0 aliphatic heterocycles. The molecule has 4 aliphatic carbocycles. The number of carbonyl (C=O) groups excluding carboxylic acids is 1. The normalized spacial score (nSPS) is 29.5. The summed E-state index contributed by atoms with van der Waals surface area (Å²) in [6.07, 6.45) is 7.60. The number of hydrogen-bond donors (Lipinski definition) is 0. The number of nitrogens with zero attached hydrogens (tertiary/aromatic N) is 2. The second-order valence-electron chi connectivity index (χ2n) is 9.86. The highest BCUT2D eigenvalue weighted by Crippen LogP contribution is 2.60. The molecule has 1 aromatic heterocycles. The van der Waals surface area contributed by atoms with Crippen molar-refractivity contribution in [2.75, 3.05) is 5.75 Å². The molecule has 2 aromatic carbocycles. The zero-order valence-electron chi connectivity index (χ0n) is 17.3. The summed E-state index contributed by atoms with van der Waals surface area (Å²) in [5, 5.41) is 0.970. The van der Waals surface area contributed by atoms with E-state index in [0.29, 0.717) is 11.5 Å². The fourth-order valence-electron chi connectivity index (χ4n) is 6.82. The number of fused-ring (bicyclic) bond motifs is 1. The molecular weight excluding hydrogens is 388 g/mol. The molecule has 0 spiro atoms. The molecule has 30 heavy (non-hydrogen) atoms. The van der Waals surface area contributed by atoms with Crippen LogP contribution in [0.2, 0.25) is 0 Å². The van der Waals surface area contributed by atoms with E-state index in [2.05, 4.69) is 53.1 Å². The molecule has 0 N–H and O–H groups in total. The summed E-state index contributed by atoms with van der Waals surface area (Å²) >= 11 is 1.65. The van der Waals surface area contributed by atoms with Gasteiger partial charge in [0, 0.05) is 5.41 Å². The molecule has 0 unspecified atom stereocenters. The monoisotopic (exact) mass is 416 g/mol. The van der Waals surface area contributed by atoms with Crippen molar-refractivity contribution >= 4 is 28.6 Å². The van der Waals surface area contributed by atoms with Crippen molar-refractivity contribution in [2.24, 2.45) is 23.2 Å². The van der Waals surface area contributed by atoms with E-state index in [0.717, 1.165) is 59.8 Å². The molecule has 3 aromatic rings. The summed E-state index contributed by atoms with van der Waals surface area (Å²) in [5.74, 6) is 3.49. The van der Waals surface area contributed by atoms with Gasteiger partial charge in [-0.15, -0.1) is 0 Å². The Balaban J connectivity index is 1.25. The van der Waals surface area contributed by atoms with Gasteiger partial charge in [-0.25, -0.2) is 4.98 Å². The van der Waals surface area contributed by atoms with Gasteiger partial charge in [0.2, 0.25) is 0 Å². The van der Waals surface area contributed by atoms with Crippen LogP contribution in [-0.4, -0.2) is 21.1 Å². The third-order valence-electron chi connectivity index (χ3n) is 7.77. The van der Waals surface area contributed by atoms with Gasteiger partial charge in [0.25, 0.3) is 0 Å². The van der Waals surface area contributed by atoms with Gasteiger partial charge in [-0.1, -0.05) is 54.2 Å². The van der Waals surface area contributed by atoms with E-state index in [-0.39, 0.29) is 5.41 Å². The molecule has 4 fully saturated rings. The first-order chi connectivity index (χ1) is 14.7. The second-order valence-corrected chi connectivity index (χ2v) is 10.8. The molecular formula is C26H28N2OS. The SMILES string of the molecule is O=C(CSc1nc2ccccc2n1Cc1ccccc1)C12CC3CC(CC(C3)C1)C2. The Hall–Kier alpha value is -2.07. The van der Waals surface area contributed by atoms with Crippen LogP contribution in [0, 0.1) is 23.2 Å². The number of hydrogen-bond acceptors (Lipinski definition) is 3. The van der Waals surface area contributed by atoms with Crippen molar-refractivity contribution in [3.63, 3.8) is 0 Å². The van der Waals surface area contributed by atoms with E-state index in [1.54, 1.807) is 11.8 Å². The van der Waals surface area contributed by atoms with E-state index >= 15 is 0 Å². The number of aromatic nitrogens is 2. The molecule has 4 saturated carbocycles. The largest absolute Gasteiger partial charge is 0.314 e. The lowest BCUT2D eigenvalue weighted by molar-refractivity contribution is -0.141. The highest BCUT2D eigenvalue weighted by atomic mass is 32.2. The van der Waals surface area contributed by atoms with Crippen molar-refractivity contribution in [2.45, 2.75) is 50.2 Å². The zero-order chi connectivity index (χ0) is 20.1. The highest BCUT2D eigenvalue weighted by molar-refractivity contribution is 7.99. The maximum atomic E-state index is 13.5. The summed E-state index contributed by atoms with van der Waals surface area (Å²) in [6.45, 7) is 0.787. The summed E-state index contributed by atoms with van der Waals surface area (Å²) in [6, 6.07) is 18.8. The molecule has 7 rings (SSSR count). The number of ketones is 1. The number of rotatable bonds is 6. The van der Waals surface area contributed by atoms with Gasteiger partial charge in [-0.2, -0.15) is 0 Å². The minimum atomic E-state index is -0.0158. The minimum absolute atomic E-state index is 0.0158. The standard InChI is InChI=1S/C26H28N2OS/c29-24(26-13-19-10-20(14-26)12-21(11-19)15-26)17-30-25-27-22-8-4-5-9-23(22)28(25)16-18-6-2-1-3-7-18/h1-9,19-21H,10-17H2. The number of thioether (sulfide) groups is 1. The van der Waals surface area contributed by atoms with Gasteiger partial charge in [-0.3, -0.25) is 4.79 Å². The minimum Gasteiger partial charge on any atom is -0.314 e. The average Bonchev–Trinajstić information content (AvgIpc) is 3.09. The van der Waals surface area contributed by atoms with Crippen LogP contribution in [0.4, 0.5) is 0 Å². The van der Waals surface area contributed by atoms with E-state index in [9.17, 15) is 4.79 Å². The molecule has 0 saturated heterocycles. The predicted octanol–water partition coefficient (Wildman–Crippen LogP) is 5.96. The molecule has 4 heteroatoms. The van der Waals surface area contributed by atoms with Crippen LogP contribution in [0.15, 0.2) is 59.8 Å². The summed E-state index contributed by atoms with van der Waals surface area (Å²) in [5.41, 5.74) is 3.40. The highest BCUT2D eigenvalue weighted by Gasteiger charge is 2.54. The molecule has 0 amide bonds. The first-order valence-electron chi connectivity index (χ1n) is 11.3. The smallest absolute Gasteiger partial charge is 0.169 e.